The van der Waals surface area contributed by atoms with Gasteiger partial charge in [0.2, 0.25) is 0 Å². The molecule has 5 nitrogen and oxygen atoms in total. The van der Waals surface area contributed by atoms with Gasteiger partial charge in [-0.25, -0.2) is 0 Å². The minimum absolute atomic E-state index is 0.0497. The van der Waals surface area contributed by atoms with Crippen molar-refractivity contribution in [2.24, 2.45) is 5.92 Å². The molecule has 2 unspecified atom stereocenters. The molecule has 3 aromatic rings. The molecule has 0 bridgehead atoms. The van der Waals surface area contributed by atoms with Crippen LogP contribution < -0.4 is 10.6 Å². The maximum atomic E-state index is 12.7. The normalized spacial score (nSPS) is 20.5. The zero-order valence-corrected chi connectivity index (χ0v) is 13.2. The molecule has 4 rings (SSSR count). The average Bonchev–Trinajstić information content (AvgIpc) is 3.04. The SMILES string of the molecule is O=C(NCC1CNCC1O)c1cc2ccccc2c2cccnc12. The Morgan fingerprint density at radius 2 is 2.04 bits per heavy atom. The van der Waals surface area contributed by atoms with E-state index in [2.05, 4.69) is 15.6 Å². The lowest BCUT2D eigenvalue weighted by atomic mass is 10.00. The molecule has 24 heavy (non-hydrogen) atoms. The highest BCUT2D eigenvalue weighted by molar-refractivity contribution is 6.15. The fourth-order valence-electron chi connectivity index (χ4n) is 3.35. The Hall–Kier alpha value is -2.50. The zero-order chi connectivity index (χ0) is 16.5. The molecule has 1 amide bonds. The maximum absolute atomic E-state index is 12.7. The fourth-order valence-corrected chi connectivity index (χ4v) is 3.35. The van der Waals surface area contributed by atoms with Gasteiger partial charge in [0, 0.05) is 37.1 Å². The van der Waals surface area contributed by atoms with Crippen LogP contribution in [0.1, 0.15) is 10.4 Å². The van der Waals surface area contributed by atoms with Gasteiger partial charge in [-0.05, 0) is 22.9 Å². The number of carbonyl (C=O) groups is 1. The predicted octanol–water partition coefficient (Wildman–Crippen LogP) is 1.70. The van der Waals surface area contributed by atoms with Gasteiger partial charge in [-0.15, -0.1) is 0 Å². The van der Waals surface area contributed by atoms with Gasteiger partial charge in [-0.3, -0.25) is 9.78 Å². The van der Waals surface area contributed by atoms with E-state index in [0.717, 1.165) is 22.7 Å². The topological polar surface area (TPSA) is 74.2 Å². The highest BCUT2D eigenvalue weighted by Gasteiger charge is 2.25. The van der Waals surface area contributed by atoms with Gasteiger partial charge in [0.25, 0.3) is 5.91 Å². The number of benzene rings is 2. The van der Waals surface area contributed by atoms with Crippen molar-refractivity contribution < 1.29 is 9.90 Å². The number of pyridine rings is 1. The van der Waals surface area contributed by atoms with Gasteiger partial charge in [0.1, 0.15) is 0 Å². The monoisotopic (exact) mass is 321 g/mol. The molecule has 1 aliphatic rings. The number of nitrogens with one attached hydrogen (secondary N) is 2. The zero-order valence-electron chi connectivity index (χ0n) is 13.2. The second kappa shape index (κ2) is 6.19. The molecule has 0 aliphatic carbocycles. The Balaban J connectivity index is 1.70. The summed E-state index contributed by atoms with van der Waals surface area (Å²) in [7, 11) is 0. The van der Waals surface area contributed by atoms with Crippen molar-refractivity contribution in [1.82, 2.24) is 15.6 Å². The van der Waals surface area contributed by atoms with E-state index in [-0.39, 0.29) is 11.8 Å². The first-order chi connectivity index (χ1) is 11.7. The summed E-state index contributed by atoms with van der Waals surface area (Å²) in [6.07, 6.45) is 1.30. The molecule has 2 aromatic carbocycles. The van der Waals surface area contributed by atoms with E-state index >= 15 is 0 Å². The first-order valence-corrected chi connectivity index (χ1v) is 8.17. The molecule has 1 saturated heterocycles. The van der Waals surface area contributed by atoms with Crippen molar-refractivity contribution >= 4 is 27.6 Å². The first-order valence-electron chi connectivity index (χ1n) is 8.17. The van der Waals surface area contributed by atoms with Crippen LogP contribution in [-0.2, 0) is 0 Å². The third-order valence-corrected chi connectivity index (χ3v) is 4.69. The van der Waals surface area contributed by atoms with Crippen molar-refractivity contribution in [2.75, 3.05) is 19.6 Å². The van der Waals surface area contributed by atoms with Crippen LogP contribution in [0.2, 0.25) is 0 Å². The molecule has 0 radical (unpaired) electrons. The third-order valence-electron chi connectivity index (χ3n) is 4.69. The number of hydrogen-bond acceptors (Lipinski definition) is 4. The predicted molar refractivity (Wildman–Crippen MR) is 93.9 cm³/mol. The third kappa shape index (κ3) is 2.62. The number of amides is 1. The van der Waals surface area contributed by atoms with Gasteiger partial charge in [0.15, 0.2) is 0 Å². The second-order valence-corrected chi connectivity index (χ2v) is 6.24. The molecular formula is C19H19N3O2. The molecule has 0 saturated carbocycles. The Kier molecular flexibility index (Phi) is 3.88. The van der Waals surface area contributed by atoms with Crippen LogP contribution in [0, 0.1) is 5.92 Å². The Morgan fingerprint density at radius 3 is 2.88 bits per heavy atom. The number of nitrogens with zero attached hydrogens (tertiary/aromatic N) is 1. The summed E-state index contributed by atoms with van der Waals surface area (Å²) >= 11 is 0. The number of aliphatic hydroxyl groups is 1. The van der Waals surface area contributed by atoms with Crippen molar-refractivity contribution in [3.05, 3.63) is 54.2 Å². The Labute approximate surface area is 139 Å². The summed E-state index contributed by atoms with van der Waals surface area (Å²) in [5, 5.41) is 19.0. The minimum Gasteiger partial charge on any atom is -0.391 e. The van der Waals surface area contributed by atoms with E-state index in [1.165, 1.54) is 0 Å². The number of aromatic nitrogens is 1. The molecule has 3 N–H and O–H groups in total. The van der Waals surface area contributed by atoms with Crippen LogP contribution in [0.25, 0.3) is 21.7 Å². The number of carbonyl (C=O) groups excluding carboxylic acids is 1. The van der Waals surface area contributed by atoms with Crippen molar-refractivity contribution in [3.63, 3.8) is 0 Å². The van der Waals surface area contributed by atoms with Crippen LogP contribution in [0.3, 0.4) is 0 Å². The smallest absolute Gasteiger partial charge is 0.253 e. The summed E-state index contributed by atoms with van der Waals surface area (Å²) in [6, 6.07) is 13.8. The summed E-state index contributed by atoms with van der Waals surface area (Å²) in [6.45, 7) is 1.76. The second-order valence-electron chi connectivity index (χ2n) is 6.24. The van der Waals surface area contributed by atoms with E-state index in [1.54, 1.807) is 6.20 Å². The lowest BCUT2D eigenvalue weighted by Gasteiger charge is -2.15. The Morgan fingerprint density at radius 1 is 1.21 bits per heavy atom. The lowest BCUT2D eigenvalue weighted by Crippen LogP contribution is -2.34. The minimum atomic E-state index is -0.406. The molecule has 2 atom stereocenters. The van der Waals surface area contributed by atoms with E-state index in [9.17, 15) is 9.90 Å². The van der Waals surface area contributed by atoms with Crippen LogP contribution in [0.5, 0.6) is 0 Å². The largest absolute Gasteiger partial charge is 0.391 e. The number of rotatable bonds is 3. The Bertz CT molecular complexity index is 909. The maximum Gasteiger partial charge on any atom is 0.253 e. The molecule has 1 aromatic heterocycles. The van der Waals surface area contributed by atoms with Gasteiger partial charge in [-0.1, -0.05) is 30.3 Å². The number of β-amino-alcohol motifs (C(OH)–C–C–N with tert-alkyl or cyclic N) is 1. The first kappa shape index (κ1) is 15.1. The molecule has 0 spiro atoms. The van der Waals surface area contributed by atoms with Crippen LogP contribution in [0.15, 0.2) is 48.7 Å². The number of aliphatic hydroxyl groups excluding tert-OH is 1. The van der Waals surface area contributed by atoms with Crippen LogP contribution in [-0.4, -0.2) is 41.7 Å². The molecule has 1 aliphatic heterocycles. The summed E-state index contributed by atoms with van der Waals surface area (Å²) < 4.78 is 0. The lowest BCUT2D eigenvalue weighted by molar-refractivity contribution is 0.0928. The molecule has 1 fully saturated rings. The quantitative estimate of drug-likeness (QED) is 0.642. The van der Waals surface area contributed by atoms with Crippen molar-refractivity contribution in [2.45, 2.75) is 6.10 Å². The molecule has 122 valence electrons. The van der Waals surface area contributed by atoms with Gasteiger partial charge < -0.3 is 15.7 Å². The molecule has 2 heterocycles. The van der Waals surface area contributed by atoms with E-state index < -0.39 is 6.10 Å². The van der Waals surface area contributed by atoms with E-state index in [1.807, 2.05) is 42.5 Å². The van der Waals surface area contributed by atoms with E-state index in [0.29, 0.717) is 24.2 Å². The molecular weight excluding hydrogens is 302 g/mol. The summed E-state index contributed by atoms with van der Waals surface area (Å²) in [5.41, 5.74) is 1.28. The van der Waals surface area contributed by atoms with Crippen LogP contribution in [0.4, 0.5) is 0 Å². The highest BCUT2D eigenvalue weighted by Crippen LogP contribution is 2.27. The van der Waals surface area contributed by atoms with Crippen LogP contribution >= 0.6 is 0 Å². The van der Waals surface area contributed by atoms with Crippen molar-refractivity contribution in [3.8, 4) is 0 Å². The summed E-state index contributed by atoms with van der Waals surface area (Å²) in [5.74, 6) is -0.0998. The highest BCUT2D eigenvalue weighted by atomic mass is 16.3. The molecule has 5 heteroatoms. The van der Waals surface area contributed by atoms with Gasteiger partial charge in [-0.2, -0.15) is 0 Å². The fraction of sp³-hybridized carbons (Fsp3) is 0.263. The standard InChI is InChI=1S/C19H19N3O2/c23-17-11-20-9-13(17)10-22-19(24)16-8-12-4-1-2-5-14(12)15-6-3-7-21-18(15)16/h1-8,13,17,20,23H,9-11H2,(H,22,24). The van der Waals surface area contributed by atoms with E-state index in [4.69, 9.17) is 0 Å². The number of hydrogen-bond donors (Lipinski definition) is 3. The van der Waals surface area contributed by atoms with Gasteiger partial charge in [0.05, 0.1) is 17.2 Å². The average molecular weight is 321 g/mol. The van der Waals surface area contributed by atoms with Gasteiger partial charge >= 0.3 is 0 Å². The number of fused-ring (bicyclic) bond motifs is 3. The van der Waals surface area contributed by atoms with Crippen molar-refractivity contribution in [1.29, 1.82) is 0 Å². The summed E-state index contributed by atoms with van der Waals surface area (Å²) in [4.78, 5) is 17.1.